The van der Waals surface area contributed by atoms with E-state index < -0.39 is 0 Å². The van der Waals surface area contributed by atoms with Crippen molar-refractivity contribution in [1.82, 2.24) is 14.8 Å². The van der Waals surface area contributed by atoms with Crippen molar-refractivity contribution in [1.29, 1.82) is 0 Å². The van der Waals surface area contributed by atoms with Gasteiger partial charge in [-0.2, -0.15) is 5.10 Å². The minimum atomic E-state index is 0.0898. The molecular formula is C14H20N4. The molecule has 2 aromatic rings. The average molecular weight is 244 g/mol. The Balaban J connectivity index is 2.46. The summed E-state index contributed by atoms with van der Waals surface area (Å²) in [7, 11) is 0. The Bertz CT molecular complexity index is 516. The predicted octanol–water partition coefficient (Wildman–Crippen LogP) is 2.01. The standard InChI is InChI=1S/C14H20N4/c1-4-13-10(2)17-18(11(13)3)14(9-15)12-5-7-16-8-6-12/h5-8,14H,4,9,15H2,1-3H3. The molecule has 0 fully saturated rings. The van der Waals surface area contributed by atoms with Crippen LogP contribution in [0.2, 0.25) is 0 Å². The smallest absolute Gasteiger partial charge is 0.0894 e. The highest BCUT2D eigenvalue weighted by atomic mass is 15.3. The molecule has 1 atom stereocenters. The monoisotopic (exact) mass is 244 g/mol. The SMILES string of the molecule is CCc1c(C)nn(C(CN)c2ccncc2)c1C. The van der Waals surface area contributed by atoms with Crippen molar-refractivity contribution < 1.29 is 0 Å². The maximum atomic E-state index is 5.93. The van der Waals surface area contributed by atoms with Gasteiger partial charge in [0.1, 0.15) is 0 Å². The zero-order valence-corrected chi connectivity index (χ0v) is 11.2. The lowest BCUT2D eigenvalue weighted by Gasteiger charge is -2.17. The second kappa shape index (κ2) is 5.31. The highest BCUT2D eigenvalue weighted by molar-refractivity contribution is 5.27. The molecule has 4 heteroatoms. The normalized spacial score (nSPS) is 12.7. The van der Waals surface area contributed by atoms with Gasteiger partial charge in [0.25, 0.3) is 0 Å². The zero-order valence-electron chi connectivity index (χ0n) is 11.2. The van der Waals surface area contributed by atoms with Gasteiger partial charge in [-0.1, -0.05) is 6.92 Å². The van der Waals surface area contributed by atoms with E-state index in [0.717, 1.165) is 17.7 Å². The van der Waals surface area contributed by atoms with Crippen LogP contribution in [0.3, 0.4) is 0 Å². The minimum Gasteiger partial charge on any atom is -0.328 e. The molecule has 0 aromatic carbocycles. The van der Waals surface area contributed by atoms with Gasteiger partial charge in [0.2, 0.25) is 0 Å². The zero-order chi connectivity index (χ0) is 13.1. The summed E-state index contributed by atoms with van der Waals surface area (Å²) >= 11 is 0. The number of aryl methyl sites for hydroxylation is 1. The summed E-state index contributed by atoms with van der Waals surface area (Å²) in [6, 6.07) is 4.09. The number of rotatable bonds is 4. The second-order valence-corrected chi connectivity index (χ2v) is 4.48. The summed E-state index contributed by atoms with van der Waals surface area (Å²) in [6.45, 7) is 6.87. The van der Waals surface area contributed by atoms with E-state index in [9.17, 15) is 0 Å². The first-order valence-electron chi connectivity index (χ1n) is 6.33. The van der Waals surface area contributed by atoms with Crippen LogP contribution in [0, 0.1) is 13.8 Å². The fourth-order valence-electron chi connectivity index (χ4n) is 2.47. The molecule has 96 valence electrons. The molecule has 2 aromatic heterocycles. The van der Waals surface area contributed by atoms with Gasteiger partial charge in [0, 0.05) is 24.6 Å². The van der Waals surface area contributed by atoms with Crippen molar-refractivity contribution in [3.63, 3.8) is 0 Å². The lowest BCUT2D eigenvalue weighted by molar-refractivity contribution is 0.515. The van der Waals surface area contributed by atoms with Gasteiger partial charge in [-0.15, -0.1) is 0 Å². The molecule has 2 rings (SSSR count). The molecule has 4 nitrogen and oxygen atoms in total. The van der Waals surface area contributed by atoms with Crippen LogP contribution in [0.5, 0.6) is 0 Å². The molecule has 0 spiro atoms. The first kappa shape index (κ1) is 12.8. The van der Waals surface area contributed by atoms with Crippen LogP contribution >= 0.6 is 0 Å². The van der Waals surface area contributed by atoms with E-state index in [4.69, 9.17) is 5.73 Å². The third-order valence-electron chi connectivity index (χ3n) is 3.44. The lowest BCUT2D eigenvalue weighted by atomic mass is 10.1. The van der Waals surface area contributed by atoms with E-state index in [1.54, 1.807) is 12.4 Å². The molecule has 0 radical (unpaired) electrons. The van der Waals surface area contributed by atoms with Crippen LogP contribution in [0.4, 0.5) is 0 Å². The van der Waals surface area contributed by atoms with Gasteiger partial charge in [-0.05, 0) is 43.5 Å². The quantitative estimate of drug-likeness (QED) is 0.895. The van der Waals surface area contributed by atoms with Crippen LogP contribution in [0.1, 0.15) is 35.5 Å². The molecule has 0 aliphatic heterocycles. The number of hydrogen-bond acceptors (Lipinski definition) is 3. The highest BCUT2D eigenvalue weighted by Gasteiger charge is 2.18. The van der Waals surface area contributed by atoms with Crippen LogP contribution in [-0.2, 0) is 6.42 Å². The molecule has 1 unspecified atom stereocenters. The van der Waals surface area contributed by atoms with E-state index in [-0.39, 0.29) is 6.04 Å². The summed E-state index contributed by atoms with van der Waals surface area (Å²) in [6.07, 6.45) is 4.60. The molecule has 2 N–H and O–H groups in total. The van der Waals surface area contributed by atoms with Gasteiger partial charge in [0.15, 0.2) is 0 Å². The highest BCUT2D eigenvalue weighted by Crippen LogP contribution is 2.22. The van der Waals surface area contributed by atoms with Crippen molar-refractivity contribution >= 4 is 0 Å². The second-order valence-electron chi connectivity index (χ2n) is 4.48. The molecule has 0 aliphatic rings. The van der Waals surface area contributed by atoms with Crippen molar-refractivity contribution in [3.05, 3.63) is 47.0 Å². The summed E-state index contributed by atoms with van der Waals surface area (Å²) < 4.78 is 2.05. The molecular weight excluding hydrogens is 224 g/mol. The summed E-state index contributed by atoms with van der Waals surface area (Å²) in [4.78, 5) is 4.05. The lowest BCUT2D eigenvalue weighted by Crippen LogP contribution is -2.22. The summed E-state index contributed by atoms with van der Waals surface area (Å²) in [5.41, 5.74) is 10.7. The number of hydrogen-bond donors (Lipinski definition) is 1. The first-order valence-corrected chi connectivity index (χ1v) is 6.33. The number of nitrogens with zero attached hydrogens (tertiary/aromatic N) is 3. The van der Waals surface area contributed by atoms with Gasteiger partial charge in [-0.3, -0.25) is 9.67 Å². The minimum absolute atomic E-state index is 0.0898. The van der Waals surface area contributed by atoms with Crippen LogP contribution in [0.15, 0.2) is 24.5 Å². The van der Waals surface area contributed by atoms with Crippen LogP contribution in [-0.4, -0.2) is 21.3 Å². The Morgan fingerprint density at radius 1 is 1.28 bits per heavy atom. The van der Waals surface area contributed by atoms with Gasteiger partial charge in [0.05, 0.1) is 11.7 Å². The third kappa shape index (κ3) is 2.16. The Kier molecular flexibility index (Phi) is 3.77. The van der Waals surface area contributed by atoms with Crippen molar-refractivity contribution in [2.75, 3.05) is 6.54 Å². The number of aromatic nitrogens is 3. The van der Waals surface area contributed by atoms with Crippen LogP contribution < -0.4 is 5.73 Å². The van der Waals surface area contributed by atoms with E-state index in [1.165, 1.54) is 11.3 Å². The third-order valence-corrected chi connectivity index (χ3v) is 3.44. The maximum absolute atomic E-state index is 5.93. The predicted molar refractivity (Wildman–Crippen MR) is 72.5 cm³/mol. The molecule has 0 amide bonds. The van der Waals surface area contributed by atoms with Crippen molar-refractivity contribution in [3.8, 4) is 0 Å². The van der Waals surface area contributed by atoms with Crippen molar-refractivity contribution in [2.24, 2.45) is 5.73 Å². The van der Waals surface area contributed by atoms with Crippen LogP contribution in [0.25, 0.3) is 0 Å². The van der Waals surface area contributed by atoms with Gasteiger partial charge >= 0.3 is 0 Å². The van der Waals surface area contributed by atoms with E-state index >= 15 is 0 Å². The topological polar surface area (TPSA) is 56.7 Å². The summed E-state index contributed by atoms with van der Waals surface area (Å²) in [5, 5.41) is 4.64. The fourth-order valence-corrected chi connectivity index (χ4v) is 2.47. The van der Waals surface area contributed by atoms with Gasteiger partial charge < -0.3 is 5.73 Å². The van der Waals surface area contributed by atoms with Crippen molar-refractivity contribution in [2.45, 2.75) is 33.2 Å². The van der Waals surface area contributed by atoms with Gasteiger partial charge in [-0.25, -0.2) is 0 Å². The fraction of sp³-hybridized carbons (Fsp3) is 0.429. The molecule has 2 heterocycles. The molecule has 18 heavy (non-hydrogen) atoms. The molecule has 0 saturated heterocycles. The molecule has 0 bridgehead atoms. The van der Waals surface area contributed by atoms with E-state index in [1.807, 2.05) is 16.8 Å². The Hall–Kier alpha value is -1.68. The number of pyridine rings is 1. The Morgan fingerprint density at radius 2 is 1.94 bits per heavy atom. The Labute approximate surface area is 108 Å². The molecule has 0 aliphatic carbocycles. The summed E-state index contributed by atoms with van der Waals surface area (Å²) in [5.74, 6) is 0. The molecule has 0 saturated carbocycles. The number of nitrogens with two attached hydrogens (primary N) is 1. The van der Waals surface area contributed by atoms with E-state index in [0.29, 0.717) is 6.54 Å². The first-order chi connectivity index (χ1) is 8.69. The Morgan fingerprint density at radius 3 is 2.44 bits per heavy atom. The maximum Gasteiger partial charge on any atom is 0.0894 e. The average Bonchev–Trinajstić information content (AvgIpc) is 2.67. The van der Waals surface area contributed by atoms with E-state index in [2.05, 4.69) is 30.9 Å². The largest absolute Gasteiger partial charge is 0.328 e.